The van der Waals surface area contributed by atoms with Crippen molar-refractivity contribution in [3.05, 3.63) is 34.9 Å². The van der Waals surface area contributed by atoms with Crippen LogP contribution in [0.4, 0.5) is 0 Å². The molecule has 27 heavy (non-hydrogen) atoms. The maximum Gasteiger partial charge on any atom is 0.253 e. The number of benzene rings is 1. The first-order valence-electron chi connectivity index (χ1n) is 10.3. The van der Waals surface area contributed by atoms with Crippen molar-refractivity contribution in [2.24, 2.45) is 5.92 Å². The molecule has 1 aromatic carbocycles. The van der Waals surface area contributed by atoms with E-state index >= 15 is 0 Å². The topological polar surface area (TPSA) is 53.9 Å². The van der Waals surface area contributed by atoms with Gasteiger partial charge in [-0.3, -0.25) is 9.59 Å². The maximum atomic E-state index is 12.6. The van der Waals surface area contributed by atoms with Gasteiger partial charge in [0.15, 0.2) is 0 Å². The normalized spacial score (nSPS) is 23.9. The lowest BCUT2D eigenvalue weighted by atomic mass is 9.94. The quantitative estimate of drug-likeness (QED) is 0.802. The minimum atomic E-state index is 0.0248. The highest BCUT2D eigenvalue weighted by Crippen LogP contribution is 2.20. The number of nitrogens with zero attached hydrogens (tertiary/aromatic N) is 1. The molecule has 2 heterocycles. The van der Waals surface area contributed by atoms with Crippen LogP contribution in [0.2, 0.25) is 5.02 Å². The first kappa shape index (κ1) is 20.2. The zero-order valence-electron chi connectivity index (χ0n) is 16.2. The molecule has 0 atom stereocenters. The van der Waals surface area contributed by atoms with Gasteiger partial charge in [0.2, 0.25) is 5.91 Å². The van der Waals surface area contributed by atoms with E-state index in [9.17, 15) is 9.59 Å². The monoisotopic (exact) mass is 392 g/mol. The van der Waals surface area contributed by atoms with E-state index in [1.165, 1.54) is 13.0 Å². The number of halogens is 1. The Bertz CT molecular complexity index is 633. The fraction of sp³-hybridized carbons (Fsp3) is 0.619. The summed E-state index contributed by atoms with van der Waals surface area (Å²) in [5.41, 5.74) is 0.656. The van der Waals surface area contributed by atoms with Crippen molar-refractivity contribution >= 4 is 23.4 Å². The molecule has 2 fully saturated rings. The third kappa shape index (κ3) is 5.45. The largest absolute Gasteiger partial charge is 0.353 e. The highest BCUT2D eigenvalue weighted by molar-refractivity contribution is 6.30. The van der Waals surface area contributed by atoms with Gasteiger partial charge in [0.25, 0.3) is 5.91 Å². The number of hydrogen-bond acceptors (Lipinski definition) is 2. The van der Waals surface area contributed by atoms with E-state index < -0.39 is 0 Å². The molecule has 2 saturated heterocycles. The van der Waals surface area contributed by atoms with Crippen LogP contribution in [0.3, 0.4) is 0 Å². The molecule has 2 amide bonds. The molecule has 0 spiro atoms. The van der Waals surface area contributed by atoms with Gasteiger partial charge >= 0.3 is 0 Å². The number of nitrogens with one attached hydrogen (secondary N) is 2. The zero-order valence-corrected chi connectivity index (χ0v) is 16.9. The number of hydrogen-bond donors (Lipinski definition) is 2. The van der Waals surface area contributed by atoms with Gasteiger partial charge in [0.05, 0.1) is 19.6 Å². The van der Waals surface area contributed by atoms with Crippen molar-refractivity contribution in [2.45, 2.75) is 45.1 Å². The van der Waals surface area contributed by atoms with Gasteiger partial charge in [0.1, 0.15) is 0 Å². The van der Waals surface area contributed by atoms with E-state index in [4.69, 9.17) is 11.6 Å². The molecule has 1 aromatic rings. The van der Waals surface area contributed by atoms with E-state index in [2.05, 4.69) is 12.2 Å². The summed E-state index contributed by atoms with van der Waals surface area (Å²) in [6.45, 7) is 7.06. The van der Waals surface area contributed by atoms with Gasteiger partial charge in [-0.15, -0.1) is 0 Å². The molecule has 0 aromatic heterocycles. The Morgan fingerprint density at radius 3 is 2.33 bits per heavy atom. The van der Waals surface area contributed by atoms with Crippen LogP contribution in [0.25, 0.3) is 0 Å². The number of quaternary nitrogens is 1. The van der Waals surface area contributed by atoms with Gasteiger partial charge in [-0.25, -0.2) is 0 Å². The van der Waals surface area contributed by atoms with Crippen molar-refractivity contribution in [1.82, 2.24) is 10.2 Å². The van der Waals surface area contributed by atoms with E-state index in [-0.39, 0.29) is 17.7 Å². The second-order valence-corrected chi connectivity index (χ2v) is 8.29. The van der Waals surface area contributed by atoms with Gasteiger partial charge in [-0.2, -0.15) is 0 Å². The number of amides is 2. The predicted octanol–water partition coefficient (Wildman–Crippen LogP) is 1.77. The summed E-state index contributed by atoms with van der Waals surface area (Å²) in [5.74, 6) is 0.231. The molecule has 2 aliphatic heterocycles. The fourth-order valence-electron chi connectivity index (χ4n) is 4.21. The summed E-state index contributed by atoms with van der Waals surface area (Å²) in [4.78, 5) is 28.7. The molecular formula is C21H31ClN3O2+. The molecule has 6 heteroatoms. The molecule has 0 unspecified atom stereocenters. The third-order valence-corrected chi connectivity index (χ3v) is 6.14. The smallest absolute Gasteiger partial charge is 0.253 e. The van der Waals surface area contributed by atoms with Crippen molar-refractivity contribution in [3.8, 4) is 0 Å². The highest BCUT2D eigenvalue weighted by Gasteiger charge is 2.30. The van der Waals surface area contributed by atoms with Gasteiger partial charge in [0, 0.05) is 48.5 Å². The Kier molecular flexibility index (Phi) is 7.13. The van der Waals surface area contributed by atoms with Crippen LogP contribution in [0.5, 0.6) is 0 Å². The van der Waals surface area contributed by atoms with Crippen LogP contribution in [0.15, 0.2) is 24.3 Å². The Morgan fingerprint density at radius 2 is 1.74 bits per heavy atom. The summed E-state index contributed by atoms with van der Waals surface area (Å²) in [5, 5.41) is 3.89. The SMILES string of the molecule is CCC[NH+]1CCC(NC(=O)C2CCN(C(=O)c3ccc(Cl)cc3)CC2)CC1. The summed E-state index contributed by atoms with van der Waals surface area (Å²) in [6.07, 6.45) is 4.86. The van der Waals surface area contributed by atoms with Crippen LogP contribution < -0.4 is 10.2 Å². The molecule has 5 nitrogen and oxygen atoms in total. The molecule has 148 valence electrons. The van der Waals surface area contributed by atoms with Gasteiger partial charge in [-0.1, -0.05) is 18.5 Å². The van der Waals surface area contributed by atoms with E-state index in [0.717, 1.165) is 38.8 Å². The van der Waals surface area contributed by atoms with Crippen molar-refractivity contribution in [2.75, 3.05) is 32.7 Å². The van der Waals surface area contributed by atoms with Crippen LogP contribution in [-0.2, 0) is 4.79 Å². The standard InChI is InChI=1S/C21H30ClN3O2/c1-2-11-24-12-9-19(10-13-24)23-20(26)16-7-14-25(15-8-16)21(27)17-3-5-18(22)6-4-17/h3-6,16,19H,2,7-15H2,1H3,(H,23,26)/p+1. The van der Waals surface area contributed by atoms with Crippen LogP contribution in [-0.4, -0.2) is 55.5 Å². The Morgan fingerprint density at radius 1 is 1.11 bits per heavy atom. The number of likely N-dealkylation sites (tertiary alicyclic amines) is 2. The number of rotatable bonds is 5. The molecule has 0 aliphatic carbocycles. The van der Waals surface area contributed by atoms with Crippen molar-refractivity contribution < 1.29 is 14.5 Å². The average Bonchev–Trinajstić information content (AvgIpc) is 2.70. The van der Waals surface area contributed by atoms with Crippen LogP contribution >= 0.6 is 11.6 Å². The summed E-state index contributed by atoms with van der Waals surface area (Å²) in [6, 6.07) is 7.32. The second-order valence-electron chi connectivity index (χ2n) is 7.86. The van der Waals surface area contributed by atoms with Crippen molar-refractivity contribution in [3.63, 3.8) is 0 Å². The first-order valence-corrected chi connectivity index (χ1v) is 10.6. The summed E-state index contributed by atoms with van der Waals surface area (Å²) < 4.78 is 0. The van der Waals surface area contributed by atoms with Gasteiger partial charge < -0.3 is 15.1 Å². The van der Waals surface area contributed by atoms with E-state index in [0.29, 0.717) is 29.7 Å². The number of carbonyl (C=O) groups is 2. The molecule has 0 radical (unpaired) electrons. The molecule has 2 aliphatic rings. The molecular weight excluding hydrogens is 362 g/mol. The van der Waals surface area contributed by atoms with Crippen molar-refractivity contribution in [1.29, 1.82) is 0 Å². The molecule has 2 N–H and O–H groups in total. The predicted molar refractivity (Wildman–Crippen MR) is 107 cm³/mol. The molecule has 0 saturated carbocycles. The Hall–Kier alpha value is -1.59. The third-order valence-electron chi connectivity index (χ3n) is 5.89. The highest BCUT2D eigenvalue weighted by atomic mass is 35.5. The summed E-state index contributed by atoms with van der Waals surface area (Å²) >= 11 is 5.89. The van der Waals surface area contributed by atoms with E-state index in [1.54, 1.807) is 29.2 Å². The van der Waals surface area contributed by atoms with Crippen LogP contribution in [0.1, 0.15) is 49.4 Å². The Labute approximate surface area is 167 Å². The average molecular weight is 393 g/mol. The number of carbonyl (C=O) groups excluding carboxylic acids is 2. The lowest BCUT2D eigenvalue weighted by Crippen LogP contribution is -3.13. The number of piperidine rings is 2. The Balaban J connectivity index is 1.43. The minimum Gasteiger partial charge on any atom is -0.353 e. The van der Waals surface area contributed by atoms with Crippen LogP contribution in [0, 0.1) is 5.92 Å². The lowest BCUT2D eigenvalue weighted by Gasteiger charge is -2.34. The van der Waals surface area contributed by atoms with Gasteiger partial charge in [-0.05, 0) is 43.5 Å². The maximum absolute atomic E-state index is 12.6. The zero-order chi connectivity index (χ0) is 19.2. The first-order chi connectivity index (χ1) is 13.1. The lowest BCUT2D eigenvalue weighted by molar-refractivity contribution is -0.905. The minimum absolute atomic E-state index is 0.0248. The summed E-state index contributed by atoms with van der Waals surface area (Å²) in [7, 11) is 0. The van der Waals surface area contributed by atoms with E-state index in [1.807, 2.05) is 4.90 Å². The molecule has 3 rings (SSSR count). The fourth-order valence-corrected chi connectivity index (χ4v) is 4.34. The second kappa shape index (κ2) is 9.56. The molecule has 0 bridgehead atoms.